The highest BCUT2D eigenvalue weighted by molar-refractivity contribution is 5.31. The minimum Gasteiger partial charge on any atom is -0.508 e. The first-order chi connectivity index (χ1) is 6.74. The Morgan fingerprint density at radius 2 is 2.21 bits per heavy atom. The van der Waals surface area contributed by atoms with Crippen LogP contribution in [0.2, 0.25) is 0 Å². The molecule has 1 aromatic carbocycles. The normalized spacial score (nSPS) is 12.4. The van der Waals surface area contributed by atoms with Crippen LogP contribution in [0.3, 0.4) is 0 Å². The maximum Gasteiger partial charge on any atom is 0.120 e. The predicted octanol–water partition coefficient (Wildman–Crippen LogP) is 2.45. The molecule has 2 heteroatoms. The fourth-order valence-electron chi connectivity index (χ4n) is 1.28. The number of para-hydroxylation sites is 1. The number of benzene rings is 1. The van der Waals surface area contributed by atoms with Crippen LogP contribution in [0.4, 0.5) is 0 Å². The van der Waals surface area contributed by atoms with Crippen molar-refractivity contribution in [2.45, 2.75) is 25.9 Å². The standard InChI is InChI=1S/C12H17NO/c1-3-6-10(2)13-9-11-7-4-5-8-12(11)14/h3-5,7-8,10,13-14H,1,6,9H2,2H3. The van der Waals surface area contributed by atoms with E-state index in [1.807, 2.05) is 24.3 Å². The van der Waals surface area contributed by atoms with Gasteiger partial charge in [-0.05, 0) is 19.4 Å². The molecular formula is C12H17NO. The Labute approximate surface area is 85.3 Å². The van der Waals surface area contributed by atoms with Gasteiger partial charge in [-0.25, -0.2) is 0 Å². The van der Waals surface area contributed by atoms with Gasteiger partial charge in [0.15, 0.2) is 0 Å². The van der Waals surface area contributed by atoms with Crippen molar-refractivity contribution < 1.29 is 5.11 Å². The van der Waals surface area contributed by atoms with E-state index in [9.17, 15) is 5.11 Å². The van der Waals surface area contributed by atoms with Crippen molar-refractivity contribution in [1.29, 1.82) is 0 Å². The maximum absolute atomic E-state index is 9.49. The van der Waals surface area contributed by atoms with Crippen molar-refractivity contribution in [3.8, 4) is 5.75 Å². The maximum atomic E-state index is 9.49. The lowest BCUT2D eigenvalue weighted by atomic mass is 10.1. The van der Waals surface area contributed by atoms with Crippen LogP contribution in [-0.2, 0) is 6.54 Å². The van der Waals surface area contributed by atoms with E-state index in [4.69, 9.17) is 0 Å². The van der Waals surface area contributed by atoms with E-state index in [0.29, 0.717) is 18.3 Å². The molecule has 1 rings (SSSR count). The van der Waals surface area contributed by atoms with Gasteiger partial charge in [-0.2, -0.15) is 0 Å². The van der Waals surface area contributed by atoms with E-state index < -0.39 is 0 Å². The predicted molar refractivity (Wildman–Crippen MR) is 59.2 cm³/mol. The summed E-state index contributed by atoms with van der Waals surface area (Å²) in [4.78, 5) is 0. The van der Waals surface area contributed by atoms with Crippen LogP contribution in [0.15, 0.2) is 36.9 Å². The molecule has 0 aliphatic rings. The second-order valence-electron chi connectivity index (χ2n) is 3.44. The van der Waals surface area contributed by atoms with E-state index in [1.54, 1.807) is 6.07 Å². The summed E-state index contributed by atoms with van der Waals surface area (Å²) in [6.45, 7) is 6.48. The average Bonchev–Trinajstić information content (AvgIpc) is 2.17. The van der Waals surface area contributed by atoms with E-state index in [2.05, 4.69) is 18.8 Å². The van der Waals surface area contributed by atoms with Gasteiger partial charge in [0.25, 0.3) is 0 Å². The fourth-order valence-corrected chi connectivity index (χ4v) is 1.28. The van der Waals surface area contributed by atoms with Crippen LogP contribution in [0.1, 0.15) is 18.9 Å². The summed E-state index contributed by atoms with van der Waals surface area (Å²) < 4.78 is 0. The summed E-state index contributed by atoms with van der Waals surface area (Å²) in [7, 11) is 0. The van der Waals surface area contributed by atoms with Crippen LogP contribution in [-0.4, -0.2) is 11.1 Å². The van der Waals surface area contributed by atoms with Gasteiger partial charge in [-0.3, -0.25) is 0 Å². The second kappa shape index (κ2) is 5.45. The van der Waals surface area contributed by atoms with Crippen molar-refractivity contribution in [3.05, 3.63) is 42.5 Å². The Balaban J connectivity index is 2.45. The quantitative estimate of drug-likeness (QED) is 0.701. The topological polar surface area (TPSA) is 32.3 Å². The second-order valence-corrected chi connectivity index (χ2v) is 3.44. The van der Waals surface area contributed by atoms with Crippen LogP contribution >= 0.6 is 0 Å². The number of aromatic hydroxyl groups is 1. The third-order valence-corrected chi connectivity index (χ3v) is 2.15. The molecular weight excluding hydrogens is 174 g/mol. The molecule has 0 amide bonds. The van der Waals surface area contributed by atoms with Gasteiger partial charge in [0.2, 0.25) is 0 Å². The lowest BCUT2D eigenvalue weighted by Gasteiger charge is -2.12. The van der Waals surface area contributed by atoms with Gasteiger partial charge in [-0.15, -0.1) is 6.58 Å². The lowest BCUT2D eigenvalue weighted by molar-refractivity contribution is 0.459. The highest BCUT2D eigenvalue weighted by Gasteiger charge is 2.01. The molecule has 1 atom stereocenters. The fraction of sp³-hybridized carbons (Fsp3) is 0.333. The first-order valence-corrected chi connectivity index (χ1v) is 4.85. The Bertz CT molecular complexity index is 296. The molecule has 0 saturated carbocycles. The monoisotopic (exact) mass is 191 g/mol. The number of phenolic OH excluding ortho intramolecular Hbond substituents is 1. The molecule has 0 heterocycles. The Hall–Kier alpha value is -1.28. The molecule has 0 aromatic heterocycles. The molecule has 2 N–H and O–H groups in total. The van der Waals surface area contributed by atoms with Gasteiger partial charge in [0, 0.05) is 18.2 Å². The molecule has 0 bridgehead atoms. The van der Waals surface area contributed by atoms with Gasteiger partial charge in [0.05, 0.1) is 0 Å². The van der Waals surface area contributed by atoms with Crippen molar-refractivity contribution in [2.75, 3.05) is 0 Å². The summed E-state index contributed by atoms with van der Waals surface area (Å²) in [6.07, 6.45) is 2.83. The van der Waals surface area contributed by atoms with E-state index >= 15 is 0 Å². The zero-order valence-electron chi connectivity index (χ0n) is 8.53. The molecule has 0 aliphatic heterocycles. The zero-order chi connectivity index (χ0) is 10.4. The summed E-state index contributed by atoms with van der Waals surface area (Å²) >= 11 is 0. The molecule has 0 fully saturated rings. The third-order valence-electron chi connectivity index (χ3n) is 2.15. The summed E-state index contributed by atoms with van der Waals surface area (Å²) in [5.41, 5.74) is 0.934. The third kappa shape index (κ3) is 3.23. The van der Waals surface area contributed by atoms with Crippen LogP contribution < -0.4 is 5.32 Å². The summed E-state index contributed by atoms with van der Waals surface area (Å²) in [6, 6.07) is 7.77. The van der Waals surface area contributed by atoms with Crippen LogP contribution in [0.5, 0.6) is 5.75 Å². The Morgan fingerprint density at radius 1 is 1.50 bits per heavy atom. The van der Waals surface area contributed by atoms with Gasteiger partial charge in [0.1, 0.15) is 5.75 Å². The first kappa shape index (κ1) is 10.8. The largest absolute Gasteiger partial charge is 0.508 e. The molecule has 14 heavy (non-hydrogen) atoms. The van der Waals surface area contributed by atoms with Crippen LogP contribution in [0, 0.1) is 0 Å². The van der Waals surface area contributed by atoms with E-state index in [1.165, 1.54) is 0 Å². The zero-order valence-corrected chi connectivity index (χ0v) is 8.53. The summed E-state index contributed by atoms with van der Waals surface area (Å²) in [5.74, 6) is 0.353. The smallest absolute Gasteiger partial charge is 0.120 e. The Kier molecular flexibility index (Phi) is 4.20. The first-order valence-electron chi connectivity index (χ1n) is 4.85. The van der Waals surface area contributed by atoms with Crippen molar-refractivity contribution in [1.82, 2.24) is 5.32 Å². The van der Waals surface area contributed by atoms with E-state index in [-0.39, 0.29) is 0 Å². The minimum absolute atomic E-state index is 0.353. The number of phenols is 1. The molecule has 0 saturated heterocycles. The van der Waals surface area contributed by atoms with Gasteiger partial charge in [-0.1, -0.05) is 24.3 Å². The molecule has 0 radical (unpaired) electrons. The summed E-state index contributed by atoms with van der Waals surface area (Å²) in [5, 5.41) is 12.8. The van der Waals surface area contributed by atoms with Crippen LogP contribution in [0.25, 0.3) is 0 Å². The lowest BCUT2D eigenvalue weighted by Crippen LogP contribution is -2.24. The molecule has 1 aromatic rings. The number of nitrogens with one attached hydrogen (secondary N) is 1. The molecule has 76 valence electrons. The number of hydrogen-bond donors (Lipinski definition) is 2. The average molecular weight is 191 g/mol. The highest BCUT2D eigenvalue weighted by Crippen LogP contribution is 2.15. The number of hydrogen-bond acceptors (Lipinski definition) is 2. The SMILES string of the molecule is C=CCC(C)NCc1ccccc1O. The molecule has 2 nitrogen and oxygen atoms in total. The minimum atomic E-state index is 0.353. The van der Waals surface area contributed by atoms with Crippen molar-refractivity contribution in [3.63, 3.8) is 0 Å². The molecule has 0 aliphatic carbocycles. The van der Waals surface area contributed by atoms with Crippen molar-refractivity contribution in [2.24, 2.45) is 0 Å². The van der Waals surface area contributed by atoms with Crippen molar-refractivity contribution >= 4 is 0 Å². The van der Waals surface area contributed by atoms with Gasteiger partial charge >= 0.3 is 0 Å². The Morgan fingerprint density at radius 3 is 2.86 bits per heavy atom. The molecule has 0 spiro atoms. The van der Waals surface area contributed by atoms with Gasteiger partial charge < -0.3 is 10.4 Å². The molecule has 1 unspecified atom stereocenters. The number of rotatable bonds is 5. The van der Waals surface area contributed by atoms with E-state index in [0.717, 1.165) is 12.0 Å². The highest BCUT2D eigenvalue weighted by atomic mass is 16.3.